The quantitative estimate of drug-likeness (QED) is 0.790. The largest absolute Gasteiger partial charge is 0.478 e. The van der Waals surface area contributed by atoms with E-state index in [-0.39, 0.29) is 24.1 Å². The maximum Gasteiger partial charge on any atom is 0.328 e. The molecule has 0 aliphatic rings. The second-order valence-corrected chi connectivity index (χ2v) is 4.60. The monoisotopic (exact) mass is 291 g/mol. The van der Waals surface area contributed by atoms with Crippen LogP contribution in [0, 0.1) is 0 Å². The van der Waals surface area contributed by atoms with Gasteiger partial charge in [0.25, 0.3) is 5.91 Å². The van der Waals surface area contributed by atoms with E-state index in [1.165, 1.54) is 35.2 Å². The van der Waals surface area contributed by atoms with Crippen LogP contribution in [0.15, 0.2) is 24.4 Å². The minimum absolute atomic E-state index is 0.0335. The van der Waals surface area contributed by atoms with E-state index in [4.69, 9.17) is 5.11 Å². The highest BCUT2D eigenvalue weighted by Crippen LogP contribution is 2.05. The first-order chi connectivity index (χ1) is 9.81. The number of carboxylic acids is 1. The lowest BCUT2D eigenvalue weighted by Gasteiger charge is -2.18. The molecule has 7 nitrogen and oxygen atoms in total. The van der Waals surface area contributed by atoms with Gasteiger partial charge in [-0.2, -0.15) is 0 Å². The third-order valence-corrected chi connectivity index (χ3v) is 2.64. The van der Waals surface area contributed by atoms with Crippen molar-refractivity contribution in [3.63, 3.8) is 0 Å². The van der Waals surface area contributed by atoms with Crippen molar-refractivity contribution in [2.24, 2.45) is 0 Å². The van der Waals surface area contributed by atoms with E-state index in [1.807, 2.05) is 0 Å². The van der Waals surface area contributed by atoms with Gasteiger partial charge >= 0.3 is 5.97 Å². The SMILES string of the molecule is CN(C)C(=O)CN(C)C(=O)c1ccc(C=CC(=O)O)cn1. The van der Waals surface area contributed by atoms with Gasteiger partial charge in [-0.3, -0.25) is 14.6 Å². The standard InChI is InChI=1S/C14H17N3O4/c1-16(2)12(18)9-17(3)14(21)11-6-4-10(8-15-11)5-7-13(19)20/h4-8H,9H2,1-3H3,(H,19,20). The highest BCUT2D eigenvalue weighted by molar-refractivity contribution is 5.94. The van der Waals surface area contributed by atoms with Crippen molar-refractivity contribution < 1.29 is 19.5 Å². The van der Waals surface area contributed by atoms with Crippen LogP contribution < -0.4 is 0 Å². The molecule has 1 N–H and O–H groups in total. The fourth-order valence-electron chi connectivity index (χ4n) is 1.41. The van der Waals surface area contributed by atoms with Crippen LogP contribution in [0.1, 0.15) is 16.1 Å². The molecule has 0 aromatic carbocycles. The van der Waals surface area contributed by atoms with Crippen molar-refractivity contribution in [2.75, 3.05) is 27.7 Å². The van der Waals surface area contributed by atoms with Crippen molar-refractivity contribution in [2.45, 2.75) is 0 Å². The third kappa shape index (κ3) is 5.06. The Balaban J connectivity index is 2.75. The topological polar surface area (TPSA) is 90.8 Å². The number of amides is 2. The molecule has 112 valence electrons. The van der Waals surface area contributed by atoms with Crippen LogP contribution in [0.25, 0.3) is 6.08 Å². The predicted molar refractivity (Wildman–Crippen MR) is 76.6 cm³/mol. The van der Waals surface area contributed by atoms with Crippen LogP contribution in [0.5, 0.6) is 0 Å². The van der Waals surface area contributed by atoms with Gasteiger partial charge in [-0.1, -0.05) is 6.07 Å². The number of rotatable bonds is 5. The van der Waals surface area contributed by atoms with Crippen LogP contribution in [-0.2, 0) is 9.59 Å². The van der Waals surface area contributed by atoms with Gasteiger partial charge < -0.3 is 14.9 Å². The van der Waals surface area contributed by atoms with Crippen molar-refractivity contribution in [1.82, 2.24) is 14.8 Å². The molecule has 0 aliphatic carbocycles. The number of aliphatic carboxylic acids is 1. The van der Waals surface area contributed by atoms with Crippen LogP contribution in [0.4, 0.5) is 0 Å². The summed E-state index contributed by atoms with van der Waals surface area (Å²) in [6.45, 7) is -0.0335. The molecule has 0 bridgehead atoms. The molecule has 0 spiro atoms. The molecule has 0 saturated carbocycles. The van der Waals surface area contributed by atoms with Gasteiger partial charge in [-0.25, -0.2) is 4.79 Å². The molecule has 0 atom stereocenters. The molecule has 1 rings (SSSR count). The van der Waals surface area contributed by atoms with Gasteiger partial charge in [0.15, 0.2) is 0 Å². The molecule has 2 amide bonds. The van der Waals surface area contributed by atoms with Crippen LogP contribution in [-0.4, -0.2) is 65.4 Å². The average molecular weight is 291 g/mol. The smallest absolute Gasteiger partial charge is 0.328 e. The first-order valence-electron chi connectivity index (χ1n) is 6.14. The number of nitrogens with zero attached hydrogens (tertiary/aromatic N) is 3. The number of aromatic nitrogens is 1. The fourth-order valence-corrected chi connectivity index (χ4v) is 1.41. The third-order valence-electron chi connectivity index (χ3n) is 2.64. The predicted octanol–water partition coefficient (Wildman–Crippen LogP) is 0.340. The Hall–Kier alpha value is -2.70. The molecular formula is C14H17N3O4. The van der Waals surface area contributed by atoms with Crippen LogP contribution in [0.2, 0.25) is 0 Å². The Morgan fingerprint density at radius 3 is 2.38 bits per heavy atom. The summed E-state index contributed by atoms with van der Waals surface area (Å²) < 4.78 is 0. The van der Waals surface area contributed by atoms with E-state index in [9.17, 15) is 14.4 Å². The minimum Gasteiger partial charge on any atom is -0.478 e. The van der Waals surface area contributed by atoms with Gasteiger partial charge in [-0.15, -0.1) is 0 Å². The maximum atomic E-state index is 12.1. The molecule has 1 aromatic heterocycles. The second-order valence-electron chi connectivity index (χ2n) is 4.60. The second kappa shape index (κ2) is 7.18. The molecule has 0 radical (unpaired) electrons. The van der Waals surface area contributed by atoms with E-state index in [0.717, 1.165) is 6.08 Å². The Morgan fingerprint density at radius 2 is 1.90 bits per heavy atom. The first-order valence-corrected chi connectivity index (χ1v) is 6.14. The Morgan fingerprint density at radius 1 is 1.24 bits per heavy atom. The van der Waals surface area contributed by atoms with Gasteiger partial charge in [0.2, 0.25) is 5.91 Å². The zero-order valence-corrected chi connectivity index (χ0v) is 12.1. The normalized spacial score (nSPS) is 10.4. The van der Waals surface area contributed by atoms with Gasteiger partial charge in [0.05, 0.1) is 6.54 Å². The van der Waals surface area contributed by atoms with Crippen LogP contribution in [0.3, 0.4) is 0 Å². The summed E-state index contributed by atoms with van der Waals surface area (Å²) in [6, 6.07) is 3.07. The zero-order chi connectivity index (χ0) is 16.0. The minimum atomic E-state index is -1.06. The fraction of sp³-hybridized carbons (Fsp3) is 0.286. The first kappa shape index (κ1) is 16.4. The highest BCUT2D eigenvalue weighted by atomic mass is 16.4. The molecular weight excluding hydrogens is 274 g/mol. The molecule has 1 aromatic rings. The van der Waals surface area contributed by atoms with E-state index in [1.54, 1.807) is 20.2 Å². The van der Waals surface area contributed by atoms with Gasteiger partial charge in [-0.05, 0) is 17.7 Å². The molecule has 0 fully saturated rings. The van der Waals surface area contributed by atoms with E-state index in [0.29, 0.717) is 5.56 Å². The number of pyridine rings is 1. The van der Waals surface area contributed by atoms with Gasteiger partial charge in [0, 0.05) is 33.4 Å². The van der Waals surface area contributed by atoms with Crippen molar-refractivity contribution in [1.29, 1.82) is 0 Å². The summed E-state index contributed by atoms with van der Waals surface area (Å²) in [6.07, 6.45) is 3.76. The number of carbonyl (C=O) groups is 3. The van der Waals surface area contributed by atoms with Crippen molar-refractivity contribution >= 4 is 23.9 Å². The molecule has 0 saturated heterocycles. The number of hydrogen-bond donors (Lipinski definition) is 1. The lowest BCUT2D eigenvalue weighted by atomic mass is 10.2. The summed E-state index contributed by atoms with van der Waals surface area (Å²) in [5.74, 6) is -1.62. The summed E-state index contributed by atoms with van der Waals surface area (Å²) in [5, 5.41) is 8.52. The average Bonchev–Trinajstić information content (AvgIpc) is 2.44. The Labute approximate surface area is 122 Å². The Bertz CT molecular complexity index is 564. The molecule has 0 aliphatic heterocycles. The number of hydrogen-bond acceptors (Lipinski definition) is 4. The maximum absolute atomic E-state index is 12.1. The summed E-state index contributed by atoms with van der Waals surface area (Å²) in [4.78, 5) is 40.6. The molecule has 21 heavy (non-hydrogen) atoms. The lowest BCUT2D eigenvalue weighted by Crippen LogP contribution is -2.38. The number of carboxylic acid groups (broad SMARTS) is 1. The highest BCUT2D eigenvalue weighted by Gasteiger charge is 2.16. The number of carbonyl (C=O) groups excluding carboxylic acids is 2. The molecule has 0 unspecified atom stereocenters. The van der Waals surface area contributed by atoms with Crippen molar-refractivity contribution in [3.8, 4) is 0 Å². The summed E-state index contributed by atoms with van der Waals surface area (Å²) >= 11 is 0. The van der Waals surface area contributed by atoms with E-state index in [2.05, 4.69) is 4.98 Å². The summed E-state index contributed by atoms with van der Waals surface area (Å²) in [7, 11) is 4.74. The summed E-state index contributed by atoms with van der Waals surface area (Å²) in [5.41, 5.74) is 0.762. The zero-order valence-electron chi connectivity index (χ0n) is 12.1. The molecule has 1 heterocycles. The van der Waals surface area contributed by atoms with E-state index < -0.39 is 5.97 Å². The van der Waals surface area contributed by atoms with Crippen molar-refractivity contribution in [3.05, 3.63) is 35.7 Å². The van der Waals surface area contributed by atoms with Gasteiger partial charge in [0.1, 0.15) is 5.69 Å². The van der Waals surface area contributed by atoms with E-state index >= 15 is 0 Å². The molecule has 7 heteroatoms. The van der Waals surface area contributed by atoms with Crippen LogP contribution >= 0.6 is 0 Å². The Kier molecular flexibility index (Phi) is 5.59. The number of likely N-dealkylation sites (N-methyl/N-ethyl adjacent to an activating group) is 2. The lowest BCUT2D eigenvalue weighted by molar-refractivity contribution is -0.131.